The second-order valence-corrected chi connectivity index (χ2v) is 4.14. The summed E-state index contributed by atoms with van der Waals surface area (Å²) in [6, 6.07) is 6.65. The van der Waals surface area contributed by atoms with E-state index < -0.39 is 0 Å². The molecule has 0 spiro atoms. The van der Waals surface area contributed by atoms with E-state index in [1.54, 1.807) is 18.2 Å². The first-order valence-corrected chi connectivity index (χ1v) is 5.21. The SMILES string of the molecule is NC(=O)CC(c1ccccc1F)C1CC1. The third kappa shape index (κ3) is 2.35. The molecule has 1 aromatic carbocycles. The number of carbonyl (C=O) groups is 1. The summed E-state index contributed by atoms with van der Waals surface area (Å²) in [5.41, 5.74) is 5.82. The van der Waals surface area contributed by atoms with Crippen LogP contribution in [0, 0.1) is 11.7 Å². The third-order valence-electron chi connectivity index (χ3n) is 2.92. The van der Waals surface area contributed by atoms with Crippen LogP contribution in [0.3, 0.4) is 0 Å². The molecule has 1 saturated carbocycles. The largest absolute Gasteiger partial charge is 0.370 e. The average Bonchev–Trinajstić information content (AvgIpc) is 2.98. The first-order chi connectivity index (χ1) is 7.18. The number of primary amides is 1. The average molecular weight is 207 g/mol. The van der Waals surface area contributed by atoms with Crippen molar-refractivity contribution in [1.29, 1.82) is 0 Å². The van der Waals surface area contributed by atoms with Crippen molar-refractivity contribution in [2.24, 2.45) is 11.7 Å². The van der Waals surface area contributed by atoms with E-state index in [0.717, 1.165) is 12.8 Å². The highest BCUT2D eigenvalue weighted by Crippen LogP contribution is 2.44. The minimum Gasteiger partial charge on any atom is -0.370 e. The zero-order valence-electron chi connectivity index (χ0n) is 8.45. The van der Waals surface area contributed by atoms with Gasteiger partial charge in [0.05, 0.1) is 0 Å². The Bertz CT molecular complexity index is 374. The highest BCUT2D eigenvalue weighted by Gasteiger charge is 2.34. The van der Waals surface area contributed by atoms with Gasteiger partial charge in [-0.15, -0.1) is 0 Å². The van der Waals surface area contributed by atoms with Crippen LogP contribution in [-0.4, -0.2) is 5.91 Å². The Labute approximate surface area is 88.3 Å². The van der Waals surface area contributed by atoms with E-state index in [1.807, 2.05) is 0 Å². The van der Waals surface area contributed by atoms with Crippen molar-refractivity contribution in [3.05, 3.63) is 35.6 Å². The molecule has 1 unspecified atom stereocenters. The third-order valence-corrected chi connectivity index (χ3v) is 2.92. The molecular weight excluding hydrogens is 193 g/mol. The van der Waals surface area contributed by atoms with E-state index in [2.05, 4.69) is 0 Å². The van der Waals surface area contributed by atoms with Gasteiger partial charge in [-0.05, 0) is 36.3 Å². The van der Waals surface area contributed by atoms with Gasteiger partial charge in [-0.25, -0.2) is 4.39 Å². The van der Waals surface area contributed by atoms with Gasteiger partial charge in [0, 0.05) is 6.42 Å². The topological polar surface area (TPSA) is 43.1 Å². The van der Waals surface area contributed by atoms with E-state index in [0.29, 0.717) is 11.5 Å². The van der Waals surface area contributed by atoms with Crippen LogP contribution >= 0.6 is 0 Å². The van der Waals surface area contributed by atoms with E-state index in [-0.39, 0.29) is 24.1 Å². The maximum absolute atomic E-state index is 13.5. The fourth-order valence-corrected chi connectivity index (χ4v) is 2.02. The summed E-state index contributed by atoms with van der Waals surface area (Å²) in [6.45, 7) is 0. The van der Waals surface area contributed by atoms with Crippen LogP contribution in [0.4, 0.5) is 4.39 Å². The van der Waals surface area contributed by atoms with E-state index in [9.17, 15) is 9.18 Å². The molecule has 2 nitrogen and oxygen atoms in total. The molecule has 1 amide bonds. The lowest BCUT2D eigenvalue weighted by molar-refractivity contribution is -0.118. The summed E-state index contributed by atoms with van der Waals surface area (Å²) in [5.74, 6) is -0.163. The zero-order valence-corrected chi connectivity index (χ0v) is 8.45. The summed E-state index contributed by atoms with van der Waals surface area (Å²) in [7, 11) is 0. The van der Waals surface area contributed by atoms with E-state index in [4.69, 9.17) is 5.73 Å². The Morgan fingerprint density at radius 2 is 2.13 bits per heavy atom. The van der Waals surface area contributed by atoms with Crippen LogP contribution in [0.25, 0.3) is 0 Å². The Morgan fingerprint density at radius 3 is 2.67 bits per heavy atom. The van der Waals surface area contributed by atoms with Crippen LogP contribution in [0.15, 0.2) is 24.3 Å². The first-order valence-electron chi connectivity index (χ1n) is 5.21. The van der Waals surface area contributed by atoms with Gasteiger partial charge in [-0.1, -0.05) is 18.2 Å². The standard InChI is InChI=1S/C12H14FNO/c13-11-4-2-1-3-9(11)10(7-12(14)15)8-5-6-8/h1-4,8,10H,5-7H2,(H2,14,15). The van der Waals surface area contributed by atoms with Crippen molar-refractivity contribution in [3.63, 3.8) is 0 Å². The molecule has 1 aliphatic rings. The number of nitrogens with two attached hydrogens (primary N) is 1. The van der Waals surface area contributed by atoms with Crippen molar-refractivity contribution >= 4 is 5.91 Å². The molecule has 1 aromatic rings. The van der Waals surface area contributed by atoms with Crippen molar-refractivity contribution in [2.45, 2.75) is 25.2 Å². The molecule has 1 atom stereocenters. The van der Waals surface area contributed by atoms with Gasteiger partial charge in [0.15, 0.2) is 0 Å². The highest BCUT2D eigenvalue weighted by molar-refractivity contribution is 5.74. The number of hydrogen-bond acceptors (Lipinski definition) is 1. The summed E-state index contributed by atoms with van der Waals surface area (Å²) < 4.78 is 13.5. The van der Waals surface area contributed by atoms with E-state index in [1.165, 1.54) is 6.07 Å². The molecule has 80 valence electrons. The first kappa shape index (κ1) is 10.1. The normalized spacial score (nSPS) is 17.4. The van der Waals surface area contributed by atoms with Crippen molar-refractivity contribution in [1.82, 2.24) is 0 Å². The van der Waals surface area contributed by atoms with E-state index >= 15 is 0 Å². The molecule has 0 heterocycles. The number of hydrogen-bond donors (Lipinski definition) is 1. The number of rotatable bonds is 4. The van der Waals surface area contributed by atoms with Gasteiger partial charge in [-0.2, -0.15) is 0 Å². The lowest BCUT2D eigenvalue weighted by Gasteiger charge is -2.15. The summed E-state index contributed by atoms with van der Waals surface area (Å²) in [4.78, 5) is 10.9. The molecule has 0 bridgehead atoms. The van der Waals surface area contributed by atoms with Gasteiger partial charge in [-0.3, -0.25) is 4.79 Å². The predicted molar refractivity (Wildman–Crippen MR) is 55.7 cm³/mol. The lowest BCUT2D eigenvalue weighted by atomic mass is 9.90. The monoisotopic (exact) mass is 207 g/mol. The second kappa shape index (κ2) is 4.01. The van der Waals surface area contributed by atoms with Crippen LogP contribution in [-0.2, 0) is 4.79 Å². The molecule has 15 heavy (non-hydrogen) atoms. The van der Waals surface area contributed by atoms with Crippen molar-refractivity contribution < 1.29 is 9.18 Å². The number of amides is 1. The molecular formula is C12H14FNO. The van der Waals surface area contributed by atoms with Gasteiger partial charge < -0.3 is 5.73 Å². The van der Waals surface area contributed by atoms with Crippen LogP contribution in [0.2, 0.25) is 0 Å². The van der Waals surface area contributed by atoms with Gasteiger partial charge in [0.25, 0.3) is 0 Å². The molecule has 1 aliphatic carbocycles. The van der Waals surface area contributed by atoms with Gasteiger partial charge >= 0.3 is 0 Å². The summed E-state index contributed by atoms with van der Waals surface area (Å²) >= 11 is 0. The quantitative estimate of drug-likeness (QED) is 0.808. The molecule has 1 fully saturated rings. The minimum absolute atomic E-state index is 0.0244. The Balaban J connectivity index is 2.24. The Morgan fingerprint density at radius 1 is 1.47 bits per heavy atom. The fraction of sp³-hybridized carbons (Fsp3) is 0.417. The van der Waals surface area contributed by atoms with Crippen molar-refractivity contribution in [3.8, 4) is 0 Å². The molecule has 2 N–H and O–H groups in total. The number of halogens is 1. The predicted octanol–water partition coefficient (Wildman–Crippen LogP) is 2.19. The minimum atomic E-state index is -0.352. The lowest BCUT2D eigenvalue weighted by Crippen LogP contribution is -2.17. The molecule has 3 heteroatoms. The molecule has 0 aliphatic heterocycles. The second-order valence-electron chi connectivity index (χ2n) is 4.14. The Kier molecular flexibility index (Phi) is 2.71. The van der Waals surface area contributed by atoms with Crippen LogP contribution < -0.4 is 5.73 Å². The Hall–Kier alpha value is -1.38. The van der Waals surface area contributed by atoms with Crippen molar-refractivity contribution in [2.75, 3.05) is 0 Å². The van der Waals surface area contributed by atoms with Gasteiger partial charge in [0.1, 0.15) is 5.82 Å². The van der Waals surface area contributed by atoms with Crippen LogP contribution in [0.5, 0.6) is 0 Å². The molecule has 0 aromatic heterocycles. The van der Waals surface area contributed by atoms with Crippen LogP contribution in [0.1, 0.15) is 30.7 Å². The fourth-order valence-electron chi connectivity index (χ4n) is 2.02. The maximum Gasteiger partial charge on any atom is 0.218 e. The molecule has 0 saturated heterocycles. The summed E-state index contributed by atoms with van der Waals surface area (Å²) in [6.07, 6.45) is 2.41. The highest BCUT2D eigenvalue weighted by atomic mass is 19.1. The zero-order chi connectivity index (χ0) is 10.8. The summed E-state index contributed by atoms with van der Waals surface area (Å²) in [5, 5.41) is 0. The van der Waals surface area contributed by atoms with Gasteiger partial charge in [0.2, 0.25) is 5.91 Å². The molecule has 2 rings (SSSR count). The smallest absolute Gasteiger partial charge is 0.218 e. The maximum atomic E-state index is 13.5. The number of benzene rings is 1. The molecule has 0 radical (unpaired) electrons. The number of carbonyl (C=O) groups excluding carboxylic acids is 1.